The molecule has 4 nitrogen and oxygen atoms in total. The summed E-state index contributed by atoms with van der Waals surface area (Å²) in [7, 11) is 0. The zero-order valence-corrected chi connectivity index (χ0v) is 22.8. The van der Waals surface area contributed by atoms with Gasteiger partial charge in [-0.3, -0.25) is 4.79 Å². The largest absolute Gasteiger partial charge is 0.390 e. The van der Waals surface area contributed by atoms with Gasteiger partial charge in [0.15, 0.2) is 0 Å². The fraction of sp³-hybridized carbons (Fsp3) is 0.967. The van der Waals surface area contributed by atoms with Crippen molar-refractivity contribution >= 4 is 5.78 Å². The van der Waals surface area contributed by atoms with Gasteiger partial charge in [-0.05, 0) is 117 Å². The van der Waals surface area contributed by atoms with Gasteiger partial charge in [0.2, 0.25) is 0 Å². The van der Waals surface area contributed by atoms with Crippen LogP contribution >= 0.6 is 0 Å². The number of carbonyl (C=O) groups is 1. The molecule has 3 N–H and O–H groups in total. The Morgan fingerprint density at radius 1 is 0.912 bits per heavy atom. The summed E-state index contributed by atoms with van der Waals surface area (Å²) in [5.41, 5.74) is -0.0230. The summed E-state index contributed by atoms with van der Waals surface area (Å²) in [6, 6.07) is 0. The van der Waals surface area contributed by atoms with Gasteiger partial charge in [-0.15, -0.1) is 0 Å². The van der Waals surface area contributed by atoms with Gasteiger partial charge in [-0.25, -0.2) is 0 Å². The molecule has 10 atom stereocenters. The number of rotatable bonds is 5. The molecular formula is C30H50O4. The summed E-state index contributed by atoms with van der Waals surface area (Å²) in [6.45, 7) is 15.0. The SMILES string of the molecule is C[C@H](CC(O)C(O)C(C)(C)O)[C@H]1CC[C@@]2(C)[C@@H]3CC[C@H]4C(C)(C)C(=O)CC[C@@]45C[C@@]35CC[C@]12C. The van der Waals surface area contributed by atoms with Crippen LogP contribution in [0.2, 0.25) is 0 Å². The number of aliphatic hydroxyl groups is 3. The molecule has 194 valence electrons. The molecule has 0 amide bonds. The van der Waals surface area contributed by atoms with Gasteiger partial charge in [-0.2, -0.15) is 0 Å². The molecule has 2 unspecified atom stereocenters. The Kier molecular flexibility index (Phi) is 5.42. The first kappa shape index (κ1) is 25.2. The zero-order valence-electron chi connectivity index (χ0n) is 22.8. The maximum absolute atomic E-state index is 12.8. The van der Waals surface area contributed by atoms with Crippen molar-refractivity contribution in [3.8, 4) is 0 Å². The minimum absolute atomic E-state index is 0.154. The summed E-state index contributed by atoms with van der Waals surface area (Å²) in [5, 5.41) is 31.4. The molecule has 5 fully saturated rings. The Morgan fingerprint density at radius 2 is 1.53 bits per heavy atom. The van der Waals surface area contributed by atoms with E-state index in [0.29, 0.717) is 46.2 Å². The smallest absolute Gasteiger partial charge is 0.138 e. The minimum atomic E-state index is -1.29. The summed E-state index contributed by atoms with van der Waals surface area (Å²) < 4.78 is 0. The first-order valence-corrected chi connectivity index (χ1v) is 14.2. The van der Waals surface area contributed by atoms with Crippen molar-refractivity contribution in [1.29, 1.82) is 0 Å². The van der Waals surface area contributed by atoms with Crippen LogP contribution in [0.15, 0.2) is 0 Å². The molecule has 5 aliphatic rings. The lowest BCUT2D eigenvalue weighted by Crippen LogP contribution is -2.57. The van der Waals surface area contributed by atoms with Gasteiger partial charge in [0.05, 0.1) is 11.7 Å². The summed E-state index contributed by atoms with van der Waals surface area (Å²) in [6.07, 6.45) is 9.30. The number of hydrogen-bond acceptors (Lipinski definition) is 4. The highest BCUT2D eigenvalue weighted by molar-refractivity contribution is 5.86. The third kappa shape index (κ3) is 2.97. The third-order valence-corrected chi connectivity index (χ3v) is 13.3. The Balaban J connectivity index is 1.38. The highest BCUT2D eigenvalue weighted by Gasteiger charge is 2.82. The van der Waals surface area contributed by atoms with Crippen LogP contribution in [0.4, 0.5) is 0 Å². The van der Waals surface area contributed by atoms with E-state index in [0.717, 1.165) is 18.8 Å². The van der Waals surface area contributed by atoms with Gasteiger partial charge < -0.3 is 15.3 Å². The highest BCUT2D eigenvalue weighted by atomic mass is 16.4. The van der Waals surface area contributed by atoms with Crippen molar-refractivity contribution in [2.24, 2.45) is 50.7 Å². The molecule has 0 bridgehead atoms. The second-order valence-corrected chi connectivity index (χ2v) is 15.2. The predicted octanol–water partition coefficient (Wildman–Crippen LogP) is 5.51. The van der Waals surface area contributed by atoms with Crippen molar-refractivity contribution in [2.45, 2.75) is 130 Å². The molecule has 0 heterocycles. The standard InChI is InChI=1S/C30H50O4/c1-18(16-20(31)24(33)26(4,5)34)19-10-12-28(7)22-9-8-21-25(2,3)23(32)11-13-29(21)17-30(22,29)15-14-27(19,28)6/h18-22,24,31,33-34H,8-17H2,1-7H3/t18-,19-,20?,21+,22+,24?,27-,28+,29-,30+/m1/s1. The van der Waals surface area contributed by atoms with Crippen molar-refractivity contribution in [3.05, 3.63) is 0 Å². The molecule has 0 aromatic heterocycles. The van der Waals surface area contributed by atoms with Crippen LogP contribution in [0.25, 0.3) is 0 Å². The van der Waals surface area contributed by atoms with E-state index in [2.05, 4.69) is 34.6 Å². The number of ketones is 1. The normalized spacial score (nSPS) is 49.8. The van der Waals surface area contributed by atoms with Crippen LogP contribution in [-0.2, 0) is 4.79 Å². The monoisotopic (exact) mass is 474 g/mol. The van der Waals surface area contributed by atoms with Crippen LogP contribution in [0.5, 0.6) is 0 Å². The van der Waals surface area contributed by atoms with Gasteiger partial charge >= 0.3 is 0 Å². The second kappa shape index (κ2) is 7.32. The lowest BCUT2D eigenvalue weighted by molar-refractivity contribution is -0.158. The van der Waals surface area contributed by atoms with E-state index in [1.807, 2.05) is 0 Å². The van der Waals surface area contributed by atoms with E-state index >= 15 is 0 Å². The molecule has 4 heteroatoms. The number of aliphatic hydroxyl groups excluding tert-OH is 2. The van der Waals surface area contributed by atoms with E-state index in [1.165, 1.54) is 44.9 Å². The quantitative estimate of drug-likeness (QED) is 0.491. The molecule has 5 aliphatic carbocycles. The molecule has 5 rings (SSSR count). The first-order chi connectivity index (χ1) is 15.6. The van der Waals surface area contributed by atoms with E-state index in [9.17, 15) is 20.1 Å². The molecule has 0 saturated heterocycles. The number of carbonyl (C=O) groups excluding carboxylic acids is 1. The number of fused-ring (bicyclic) bond motifs is 2. The molecule has 0 aromatic rings. The van der Waals surface area contributed by atoms with Crippen molar-refractivity contribution in [3.63, 3.8) is 0 Å². The highest BCUT2D eigenvalue weighted by Crippen LogP contribution is 2.88. The second-order valence-electron chi connectivity index (χ2n) is 15.2. The molecule has 34 heavy (non-hydrogen) atoms. The van der Waals surface area contributed by atoms with Crippen LogP contribution in [0.1, 0.15) is 113 Å². The summed E-state index contributed by atoms with van der Waals surface area (Å²) in [5.74, 6) is 2.67. The fourth-order valence-electron chi connectivity index (χ4n) is 11.3. The van der Waals surface area contributed by atoms with Crippen LogP contribution < -0.4 is 0 Å². The zero-order chi connectivity index (χ0) is 25.1. The van der Waals surface area contributed by atoms with Gasteiger partial charge in [0.25, 0.3) is 0 Å². The predicted molar refractivity (Wildman–Crippen MR) is 134 cm³/mol. The van der Waals surface area contributed by atoms with Crippen molar-refractivity contribution in [2.75, 3.05) is 0 Å². The Bertz CT molecular complexity index is 858. The van der Waals surface area contributed by atoms with Crippen LogP contribution in [-0.4, -0.2) is 38.9 Å². The molecule has 0 aliphatic heterocycles. The fourth-order valence-corrected chi connectivity index (χ4v) is 11.3. The third-order valence-electron chi connectivity index (χ3n) is 13.3. The lowest BCUT2D eigenvalue weighted by Gasteiger charge is -2.62. The lowest BCUT2D eigenvalue weighted by atomic mass is 9.42. The Morgan fingerprint density at radius 3 is 2.18 bits per heavy atom. The topological polar surface area (TPSA) is 77.8 Å². The number of Topliss-reactive ketones (excluding diaryl/α,β-unsaturated/α-hetero) is 1. The van der Waals surface area contributed by atoms with Crippen LogP contribution in [0, 0.1) is 50.7 Å². The van der Waals surface area contributed by atoms with Crippen molar-refractivity contribution in [1.82, 2.24) is 0 Å². The maximum Gasteiger partial charge on any atom is 0.138 e. The van der Waals surface area contributed by atoms with Gasteiger partial charge in [-0.1, -0.05) is 34.6 Å². The van der Waals surface area contributed by atoms with E-state index in [1.54, 1.807) is 13.8 Å². The van der Waals surface area contributed by atoms with Crippen LogP contribution in [0.3, 0.4) is 0 Å². The van der Waals surface area contributed by atoms with E-state index in [4.69, 9.17) is 0 Å². The van der Waals surface area contributed by atoms with Gasteiger partial charge in [0, 0.05) is 11.8 Å². The summed E-state index contributed by atoms with van der Waals surface area (Å²) in [4.78, 5) is 12.8. The average Bonchev–Trinajstić information content (AvgIpc) is 3.32. The number of hydrogen-bond donors (Lipinski definition) is 3. The summed E-state index contributed by atoms with van der Waals surface area (Å²) >= 11 is 0. The maximum atomic E-state index is 12.8. The molecule has 0 radical (unpaired) electrons. The van der Waals surface area contributed by atoms with Gasteiger partial charge in [0.1, 0.15) is 11.9 Å². The first-order valence-electron chi connectivity index (χ1n) is 14.2. The molecule has 5 saturated carbocycles. The Hall–Kier alpha value is -0.450. The van der Waals surface area contributed by atoms with E-state index < -0.39 is 17.8 Å². The average molecular weight is 475 g/mol. The van der Waals surface area contributed by atoms with Crippen molar-refractivity contribution < 1.29 is 20.1 Å². The molecule has 0 aromatic carbocycles. The minimum Gasteiger partial charge on any atom is -0.390 e. The van der Waals surface area contributed by atoms with E-state index in [-0.39, 0.29) is 10.8 Å². The Labute approximate surface area is 207 Å². The molecular weight excluding hydrogens is 424 g/mol. The molecule has 2 spiro atoms.